The van der Waals surface area contributed by atoms with Crippen molar-refractivity contribution in [3.8, 4) is 0 Å². The number of imidazole rings is 1. The minimum Gasteiger partial charge on any atom is -0.505 e. The minimum atomic E-state index is -0.671. The second-order valence-electron chi connectivity index (χ2n) is 8.79. The van der Waals surface area contributed by atoms with Crippen molar-refractivity contribution in [2.45, 2.75) is 19.9 Å². The Balaban J connectivity index is 1.61. The topological polar surface area (TPSA) is 87.4 Å². The highest BCUT2D eigenvalue weighted by Gasteiger charge is 2.46. The molecule has 0 spiro atoms. The van der Waals surface area contributed by atoms with Crippen molar-refractivity contribution >= 4 is 23.1 Å². The number of Topliss-reactive ketones (excluding diaryl/α,β-unsaturated/α-hetero) is 1. The van der Waals surface area contributed by atoms with Gasteiger partial charge < -0.3 is 14.7 Å². The Labute approximate surface area is 198 Å². The van der Waals surface area contributed by atoms with Crippen molar-refractivity contribution in [2.24, 2.45) is 0 Å². The zero-order valence-electron chi connectivity index (χ0n) is 19.4. The maximum absolute atomic E-state index is 13.3. The lowest BCUT2D eigenvalue weighted by Crippen LogP contribution is -2.42. The fourth-order valence-electron chi connectivity index (χ4n) is 4.90. The highest BCUT2D eigenvalue weighted by atomic mass is 16.5. The summed E-state index contributed by atoms with van der Waals surface area (Å²) in [5, 5.41) is 11.5. The SMILES string of the molecule is Cc1nc2c(C)cccn2c1C(O)=C1C(=O)C(=O)N(CCN2CCOCC2)[C@@H]1c1ccccc1. The summed E-state index contributed by atoms with van der Waals surface area (Å²) < 4.78 is 7.20. The molecule has 2 aliphatic rings. The molecule has 0 bridgehead atoms. The first-order valence-electron chi connectivity index (χ1n) is 11.6. The number of rotatable bonds is 5. The van der Waals surface area contributed by atoms with Gasteiger partial charge in [-0.25, -0.2) is 4.98 Å². The molecule has 3 aromatic rings. The molecule has 1 amide bonds. The number of ether oxygens (including phenoxy) is 1. The number of likely N-dealkylation sites (tertiary alicyclic amines) is 1. The summed E-state index contributed by atoms with van der Waals surface area (Å²) in [4.78, 5) is 35.0. The van der Waals surface area contributed by atoms with E-state index in [1.165, 1.54) is 0 Å². The van der Waals surface area contributed by atoms with Gasteiger partial charge in [-0.15, -0.1) is 0 Å². The third-order valence-corrected chi connectivity index (χ3v) is 6.66. The van der Waals surface area contributed by atoms with Crippen LogP contribution in [0.1, 0.15) is 28.6 Å². The van der Waals surface area contributed by atoms with Gasteiger partial charge in [-0.2, -0.15) is 0 Å². The molecule has 8 heteroatoms. The molecule has 1 atom stereocenters. The number of hydrogen-bond donors (Lipinski definition) is 1. The van der Waals surface area contributed by atoms with Crippen molar-refractivity contribution in [1.29, 1.82) is 0 Å². The van der Waals surface area contributed by atoms with Crippen LogP contribution in [0.15, 0.2) is 54.2 Å². The zero-order chi connectivity index (χ0) is 23.8. The summed E-state index contributed by atoms with van der Waals surface area (Å²) in [6, 6.07) is 12.6. The third kappa shape index (κ3) is 3.78. The summed E-state index contributed by atoms with van der Waals surface area (Å²) in [7, 11) is 0. The Morgan fingerprint density at radius 2 is 1.79 bits per heavy atom. The Bertz CT molecular complexity index is 1270. The minimum absolute atomic E-state index is 0.101. The van der Waals surface area contributed by atoms with E-state index >= 15 is 0 Å². The lowest BCUT2D eigenvalue weighted by atomic mass is 9.96. The van der Waals surface area contributed by atoms with E-state index < -0.39 is 17.7 Å². The Hall–Kier alpha value is -3.49. The lowest BCUT2D eigenvalue weighted by Gasteiger charge is -2.31. The predicted octanol–water partition coefficient (Wildman–Crippen LogP) is 2.71. The van der Waals surface area contributed by atoms with E-state index in [1.807, 2.05) is 55.6 Å². The highest BCUT2D eigenvalue weighted by Crippen LogP contribution is 2.39. The zero-order valence-corrected chi connectivity index (χ0v) is 19.4. The monoisotopic (exact) mass is 460 g/mol. The molecule has 0 unspecified atom stereocenters. The Kier molecular flexibility index (Phi) is 5.93. The number of morpholine rings is 1. The summed E-state index contributed by atoms with van der Waals surface area (Å²) >= 11 is 0. The molecule has 1 aromatic carbocycles. The van der Waals surface area contributed by atoms with Crippen molar-refractivity contribution in [2.75, 3.05) is 39.4 Å². The average Bonchev–Trinajstić information content (AvgIpc) is 3.33. The summed E-state index contributed by atoms with van der Waals surface area (Å²) in [5.41, 5.74) is 3.58. The highest BCUT2D eigenvalue weighted by molar-refractivity contribution is 6.46. The van der Waals surface area contributed by atoms with Crippen LogP contribution in [0.2, 0.25) is 0 Å². The van der Waals surface area contributed by atoms with Crippen LogP contribution in [-0.4, -0.2) is 75.4 Å². The first-order valence-corrected chi connectivity index (χ1v) is 11.6. The number of nitrogens with zero attached hydrogens (tertiary/aromatic N) is 4. The number of aliphatic hydroxyl groups excluding tert-OH is 1. The lowest BCUT2D eigenvalue weighted by molar-refractivity contribution is -0.140. The predicted molar refractivity (Wildman–Crippen MR) is 127 cm³/mol. The van der Waals surface area contributed by atoms with Gasteiger partial charge in [0.1, 0.15) is 11.3 Å². The van der Waals surface area contributed by atoms with Crippen LogP contribution in [0.5, 0.6) is 0 Å². The third-order valence-electron chi connectivity index (χ3n) is 6.66. The van der Waals surface area contributed by atoms with Crippen LogP contribution in [0.25, 0.3) is 11.4 Å². The molecular formula is C26H28N4O4. The van der Waals surface area contributed by atoms with Crippen molar-refractivity contribution < 1.29 is 19.4 Å². The fourth-order valence-corrected chi connectivity index (χ4v) is 4.90. The van der Waals surface area contributed by atoms with Gasteiger partial charge in [0, 0.05) is 32.4 Å². The fraction of sp³-hybridized carbons (Fsp3) is 0.346. The van der Waals surface area contributed by atoms with Crippen LogP contribution in [-0.2, 0) is 14.3 Å². The van der Waals surface area contributed by atoms with Crippen molar-refractivity contribution in [3.63, 3.8) is 0 Å². The largest absolute Gasteiger partial charge is 0.505 e. The van der Waals surface area contributed by atoms with E-state index in [9.17, 15) is 14.7 Å². The molecule has 2 aliphatic heterocycles. The number of amides is 1. The van der Waals surface area contributed by atoms with E-state index in [0.717, 1.165) is 24.2 Å². The molecule has 0 saturated carbocycles. The number of aliphatic hydroxyl groups is 1. The van der Waals surface area contributed by atoms with Crippen LogP contribution >= 0.6 is 0 Å². The number of aryl methyl sites for hydroxylation is 2. The molecule has 1 N–H and O–H groups in total. The van der Waals surface area contributed by atoms with Gasteiger partial charge in [0.15, 0.2) is 5.76 Å². The van der Waals surface area contributed by atoms with E-state index in [0.29, 0.717) is 43.3 Å². The second kappa shape index (κ2) is 9.04. The van der Waals surface area contributed by atoms with Gasteiger partial charge in [-0.1, -0.05) is 36.4 Å². The van der Waals surface area contributed by atoms with Crippen LogP contribution in [0.3, 0.4) is 0 Å². The number of carbonyl (C=O) groups excluding carboxylic acids is 2. The van der Waals surface area contributed by atoms with Crippen LogP contribution in [0, 0.1) is 13.8 Å². The number of benzene rings is 1. The smallest absolute Gasteiger partial charge is 0.295 e. The number of ketones is 1. The maximum atomic E-state index is 13.3. The quantitative estimate of drug-likeness (QED) is 0.358. The average molecular weight is 461 g/mol. The molecule has 2 aromatic heterocycles. The summed E-state index contributed by atoms with van der Waals surface area (Å²) in [5.74, 6) is -1.46. The van der Waals surface area contributed by atoms with Crippen LogP contribution in [0.4, 0.5) is 0 Å². The van der Waals surface area contributed by atoms with Gasteiger partial charge in [0.2, 0.25) is 0 Å². The van der Waals surface area contributed by atoms with Gasteiger partial charge in [-0.3, -0.25) is 18.9 Å². The molecule has 2 fully saturated rings. The van der Waals surface area contributed by atoms with E-state index in [2.05, 4.69) is 9.88 Å². The van der Waals surface area contributed by atoms with E-state index in [1.54, 1.807) is 16.2 Å². The molecule has 8 nitrogen and oxygen atoms in total. The number of aromatic nitrogens is 2. The Morgan fingerprint density at radius 1 is 1.06 bits per heavy atom. The molecule has 0 radical (unpaired) electrons. The number of carbonyl (C=O) groups is 2. The molecule has 0 aliphatic carbocycles. The van der Waals surface area contributed by atoms with Gasteiger partial charge in [-0.05, 0) is 31.0 Å². The second-order valence-corrected chi connectivity index (χ2v) is 8.79. The summed E-state index contributed by atoms with van der Waals surface area (Å²) in [6.45, 7) is 7.66. The normalized spacial score (nSPS) is 21.0. The molecule has 34 heavy (non-hydrogen) atoms. The van der Waals surface area contributed by atoms with Gasteiger partial charge in [0.05, 0.1) is 30.5 Å². The number of fused-ring (bicyclic) bond motifs is 1. The molecule has 176 valence electrons. The van der Waals surface area contributed by atoms with Gasteiger partial charge in [0.25, 0.3) is 11.7 Å². The number of pyridine rings is 1. The number of hydrogen-bond acceptors (Lipinski definition) is 6. The molecule has 4 heterocycles. The Morgan fingerprint density at radius 3 is 2.53 bits per heavy atom. The van der Waals surface area contributed by atoms with Crippen molar-refractivity contribution in [1.82, 2.24) is 19.2 Å². The summed E-state index contributed by atoms with van der Waals surface area (Å²) in [6.07, 6.45) is 1.81. The van der Waals surface area contributed by atoms with Gasteiger partial charge >= 0.3 is 0 Å². The molecular weight excluding hydrogens is 432 g/mol. The molecule has 2 saturated heterocycles. The maximum Gasteiger partial charge on any atom is 0.295 e. The van der Waals surface area contributed by atoms with Crippen LogP contribution < -0.4 is 0 Å². The van der Waals surface area contributed by atoms with E-state index in [-0.39, 0.29) is 11.3 Å². The first-order chi connectivity index (χ1) is 16.5. The first kappa shape index (κ1) is 22.3. The van der Waals surface area contributed by atoms with E-state index in [4.69, 9.17) is 4.74 Å². The standard InChI is InChI=1S/C26H28N4O4/c1-17-7-6-10-29-21(18(2)27-25(17)29)23(31)20-22(19-8-4-3-5-9-19)30(26(33)24(20)32)12-11-28-13-15-34-16-14-28/h3-10,22,31H,11-16H2,1-2H3/t22-/m1/s1. The molecule has 5 rings (SSSR count). The van der Waals surface area contributed by atoms with Crippen molar-refractivity contribution in [3.05, 3.63) is 76.7 Å².